The Balaban J connectivity index is 2.64. The fourth-order valence-corrected chi connectivity index (χ4v) is 2.83. The van der Waals surface area contributed by atoms with E-state index in [2.05, 4.69) is 79.1 Å². The topological polar surface area (TPSA) is 24.5 Å². The lowest BCUT2D eigenvalue weighted by atomic mass is 10.1. The summed E-state index contributed by atoms with van der Waals surface area (Å²) in [5.41, 5.74) is 2.51. The summed E-state index contributed by atoms with van der Waals surface area (Å²) in [6.07, 6.45) is 1.44. The molecule has 1 unspecified atom stereocenters. The van der Waals surface area contributed by atoms with Gasteiger partial charge in [-0.15, -0.1) is 0 Å². The summed E-state index contributed by atoms with van der Waals surface area (Å²) in [5.74, 6) is 0. The average Bonchev–Trinajstić information content (AvgIpc) is 2.43. The number of ether oxygens (including phenoxy) is 1. The number of hydrogen-bond acceptors (Lipinski definition) is 3. The number of benzene rings is 1. The number of likely N-dealkylation sites (N-methyl/N-ethyl adjacent to an activating group) is 1. The second kappa shape index (κ2) is 9.44. The van der Waals surface area contributed by atoms with Gasteiger partial charge in [0.25, 0.3) is 0 Å². The highest BCUT2D eigenvalue weighted by Crippen LogP contribution is 2.28. The van der Waals surface area contributed by atoms with Crippen LogP contribution in [0.25, 0.3) is 0 Å². The molecule has 0 spiro atoms. The lowest BCUT2D eigenvalue weighted by Gasteiger charge is -2.23. The molecule has 1 aromatic carbocycles. The fraction of sp³-hybridized carbons (Fsp3) is 0.647. The Kier molecular flexibility index (Phi) is 8.30. The summed E-state index contributed by atoms with van der Waals surface area (Å²) in [6, 6.07) is 6.97. The van der Waals surface area contributed by atoms with Crippen molar-refractivity contribution >= 4 is 21.6 Å². The van der Waals surface area contributed by atoms with Crippen LogP contribution in [0.4, 0.5) is 5.69 Å². The van der Waals surface area contributed by atoms with E-state index in [0.717, 1.165) is 30.6 Å². The summed E-state index contributed by atoms with van der Waals surface area (Å²) in [5, 5.41) is 3.52. The molecule has 0 amide bonds. The van der Waals surface area contributed by atoms with E-state index in [1.165, 1.54) is 11.3 Å². The summed E-state index contributed by atoms with van der Waals surface area (Å²) >= 11 is 3.69. The molecule has 0 aliphatic heterocycles. The summed E-state index contributed by atoms with van der Waals surface area (Å²) in [4.78, 5) is 2.22. The minimum absolute atomic E-state index is 0.287. The first kappa shape index (κ1) is 18.5. The zero-order valence-corrected chi connectivity index (χ0v) is 15.5. The normalized spacial score (nSPS) is 12.7. The van der Waals surface area contributed by atoms with Gasteiger partial charge in [0, 0.05) is 24.1 Å². The number of nitrogens with one attached hydrogen (secondary N) is 1. The van der Waals surface area contributed by atoms with Gasteiger partial charge in [0.15, 0.2) is 0 Å². The molecule has 1 N–H and O–H groups in total. The number of anilines is 1. The lowest BCUT2D eigenvalue weighted by Crippen LogP contribution is -2.24. The van der Waals surface area contributed by atoms with E-state index in [1.54, 1.807) is 0 Å². The number of hydrogen-bond donors (Lipinski definition) is 1. The van der Waals surface area contributed by atoms with E-state index in [9.17, 15) is 0 Å². The maximum atomic E-state index is 5.61. The van der Waals surface area contributed by atoms with Gasteiger partial charge >= 0.3 is 0 Å². The van der Waals surface area contributed by atoms with E-state index in [-0.39, 0.29) is 6.10 Å². The fourth-order valence-electron chi connectivity index (χ4n) is 2.13. The van der Waals surface area contributed by atoms with Crippen LogP contribution in [0.5, 0.6) is 0 Å². The largest absolute Gasteiger partial charge is 0.377 e. The molecule has 0 aliphatic carbocycles. The van der Waals surface area contributed by atoms with Gasteiger partial charge in [0.2, 0.25) is 0 Å². The molecule has 4 heteroatoms. The third kappa shape index (κ3) is 6.37. The molecule has 0 aliphatic rings. The van der Waals surface area contributed by atoms with Gasteiger partial charge in [-0.05, 0) is 67.4 Å². The van der Waals surface area contributed by atoms with E-state index in [1.807, 2.05) is 0 Å². The molecule has 120 valence electrons. The minimum Gasteiger partial charge on any atom is -0.377 e. The number of halogens is 1. The van der Waals surface area contributed by atoms with Crippen molar-refractivity contribution in [3.8, 4) is 0 Å². The Hall–Kier alpha value is -0.580. The highest BCUT2D eigenvalue weighted by Gasteiger charge is 2.10. The molecular weight excluding hydrogens is 328 g/mol. The van der Waals surface area contributed by atoms with Crippen LogP contribution in [0.1, 0.15) is 45.7 Å². The Morgan fingerprint density at radius 1 is 1.29 bits per heavy atom. The summed E-state index contributed by atoms with van der Waals surface area (Å²) < 4.78 is 6.75. The molecule has 1 atom stereocenters. The van der Waals surface area contributed by atoms with Crippen LogP contribution in [0.15, 0.2) is 22.7 Å². The molecule has 1 aromatic rings. The third-order valence-electron chi connectivity index (χ3n) is 3.46. The maximum Gasteiger partial charge on any atom is 0.0644 e. The van der Waals surface area contributed by atoms with Crippen molar-refractivity contribution in [2.45, 2.75) is 46.3 Å². The Labute approximate surface area is 138 Å². The molecule has 1 rings (SSSR count). The van der Waals surface area contributed by atoms with Gasteiger partial charge in [-0.1, -0.05) is 13.0 Å². The van der Waals surface area contributed by atoms with E-state index < -0.39 is 0 Å². The number of nitrogens with zero attached hydrogens (tertiary/aromatic N) is 1. The molecular formula is C17H29BrN2O. The van der Waals surface area contributed by atoms with Gasteiger partial charge in [0.1, 0.15) is 0 Å². The van der Waals surface area contributed by atoms with Crippen molar-refractivity contribution in [3.05, 3.63) is 28.2 Å². The highest BCUT2D eigenvalue weighted by atomic mass is 79.9. The lowest BCUT2D eigenvalue weighted by molar-refractivity contribution is 0.0846. The highest BCUT2D eigenvalue weighted by molar-refractivity contribution is 9.10. The van der Waals surface area contributed by atoms with Crippen LogP contribution in [0, 0.1) is 0 Å². The quantitative estimate of drug-likeness (QED) is 0.710. The Morgan fingerprint density at radius 2 is 2.00 bits per heavy atom. The first-order chi connectivity index (χ1) is 9.95. The third-order valence-corrected chi connectivity index (χ3v) is 4.10. The smallest absolute Gasteiger partial charge is 0.0644 e. The van der Waals surface area contributed by atoms with Crippen LogP contribution in [-0.2, 0) is 4.74 Å². The van der Waals surface area contributed by atoms with Crippen LogP contribution in [-0.4, -0.2) is 32.8 Å². The SMILES string of the molecule is CCCNC(C)c1ccc(N(C)CCOC(C)C)c(Br)c1. The average molecular weight is 357 g/mol. The van der Waals surface area contributed by atoms with Gasteiger partial charge in [-0.25, -0.2) is 0 Å². The molecule has 0 aromatic heterocycles. The predicted octanol–water partition coefficient (Wildman–Crippen LogP) is 4.37. The Morgan fingerprint density at radius 3 is 2.57 bits per heavy atom. The molecule has 0 saturated heterocycles. The summed E-state index contributed by atoms with van der Waals surface area (Å²) in [7, 11) is 2.10. The molecule has 0 radical (unpaired) electrons. The molecule has 3 nitrogen and oxygen atoms in total. The standard InChI is InChI=1S/C17H29BrN2O/c1-6-9-19-14(4)15-7-8-17(16(18)12-15)20(5)10-11-21-13(2)3/h7-8,12-14,19H,6,9-11H2,1-5H3. The minimum atomic E-state index is 0.287. The van der Waals surface area contributed by atoms with Crippen LogP contribution >= 0.6 is 15.9 Å². The van der Waals surface area contributed by atoms with Crippen molar-refractivity contribution in [3.63, 3.8) is 0 Å². The van der Waals surface area contributed by atoms with Crippen molar-refractivity contribution in [2.75, 3.05) is 31.6 Å². The zero-order valence-electron chi connectivity index (χ0n) is 13.9. The van der Waals surface area contributed by atoms with Gasteiger partial charge in [-0.3, -0.25) is 0 Å². The van der Waals surface area contributed by atoms with Crippen LogP contribution in [0.3, 0.4) is 0 Å². The molecule has 0 heterocycles. The molecule has 0 fully saturated rings. The van der Waals surface area contributed by atoms with Crippen LogP contribution < -0.4 is 10.2 Å². The predicted molar refractivity (Wildman–Crippen MR) is 95.2 cm³/mol. The van der Waals surface area contributed by atoms with Crippen LogP contribution in [0.2, 0.25) is 0 Å². The number of rotatable bonds is 9. The second-order valence-corrected chi connectivity index (χ2v) is 6.58. The molecule has 0 saturated carbocycles. The second-order valence-electron chi connectivity index (χ2n) is 5.73. The van der Waals surface area contributed by atoms with Gasteiger partial charge < -0.3 is 15.0 Å². The maximum absolute atomic E-state index is 5.61. The van der Waals surface area contributed by atoms with Crippen molar-refractivity contribution in [2.24, 2.45) is 0 Å². The zero-order chi connectivity index (χ0) is 15.8. The monoisotopic (exact) mass is 356 g/mol. The first-order valence-corrected chi connectivity index (χ1v) is 8.60. The first-order valence-electron chi connectivity index (χ1n) is 7.81. The van der Waals surface area contributed by atoms with E-state index in [0.29, 0.717) is 6.04 Å². The molecule has 0 bridgehead atoms. The van der Waals surface area contributed by atoms with E-state index in [4.69, 9.17) is 4.74 Å². The van der Waals surface area contributed by atoms with Gasteiger partial charge in [-0.2, -0.15) is 0 Å². The van der Waals surface area contributed by atoms with E-state index >= 15 is 0 Å². The van der Waals surface area contributed by atoms with Crippen molar-refractivity contribution < 1.29 is 4.74 Å². The van der Waals surface area contributed by atoms with Crippen molar-refractivity contribution in [1.29, 1.82) is 0 Å². The summed E-state index contributed by atoms with van der Waals surface area (Å²) in [6.45, 7) is 11.2. The van der Waals surface area contributed by atoms with Crippen molar-refractivity contribution in [1.82, 2.24) is 5.32 Å². The Bertz CT molecular complexity index is 423. The molecule has 21 heavy (non-hydrogen) atoms. The van der Waals surface area contributed by atoms with Gasteiger partial charge in [0.05, 0.1) is 18.4 Å².